The molecular formula is C15H17NO2. The van der Waals surface area contributed by atoms with Gasteiger partial charge in [-0.1, -0.05) is 12.1 Å². The van der Waals surface area contributed by atoms with Gasteiger partial charge in [0.25, 0.3) is 0 Å². The largest absolute Gasteiger partial charge is 0.497 e. The lowest BCUT2D eigenvalue weighted by molar-refractivity contribution is -0.129. The average Bonchev–Trinajstić information content (AvgIpc) is 2.79. The normalized spacial score (nSPS) is 20.6. The van der Waals surface area contributed by atoms with Gasteiger partial charge in [-0.05, 0) is 24.6 Å². The molecule has 0 bridgehead atoms. The molecule has 1 aromatic rings. The van der Waals surface area contributed by atoms with Crippen molar-refractivity contribution in [1.82, 2.24) is 4.90 Å². The highest BCUT2D eigenvalue weighted by atomic mass is 16.5. The summed E-state index contributed by atoms with van der Waals surface area (Å²) < 4.78 is 5.12. The fraction of sp³-hybridized carbons (Fsp3) is 0.400. The first-order valence-corrected chi connectivity index (χ1v) is 6.05. The monoisotopic (exact) mass is 243 g/mol. The number of carbonyl (C=O) groups is 1. The van der Waals surface area contributed by atoms with E-state index in [0.717, 1.165) is 11.3 Å². The zero-order valence-electron chi connectivity index (χ0n) is 10.7. The highest BCUT2D eigenvalue weighted by Crippen LogP contribution is 2.28. The number of terminal acetylenes is 1. The zero-order chi connectivity index (χ0) is 13.1. The molecule has 94 valence electrons. The van der Waals surface area contributed by atoms with Crippen molar-refractivity contribution in [2.75, 3.05) is 13.7 Å². The van der Waals surface area contributed by atoms with Gasteiger partial charge in [0.1, 0.15) is 5.75 Å². The van der Waals surface area contributed by atoms with Gasteiger partial charge in [0.2, 0.25) is 5.91 Å². The summed E-state index contributed by atoms with van der Waals surface area (Å²) in [4.78, 5) is 13.7. The lowest BCUT2D eigenvalue weighted by Gasteiger charge is -2.25. The van der Waals surface area contributed by atoms with Crippen LogP contribution in [0.4, 0.5) is 0 Å². The van der Waals surface area contributed by atoms with Crippen LogP contribution in [0.15, 0.2) is 24.3 Å². The average molecular weight is 243 g/mol. The van der Waals surface area contributed by atoms with Crippen molar-refractivity contribution in [3.63, 3.8) is 0 Å². The summed E-state index contributed by atoms with van der Waals surface area (Å²) in [5.41, 5.74) is 1.10. The maximum absolute atomic E-state index is 11.9. The van der Waals surface area contributed by atoms with Crippen molar-refractivity contribution in [3.05, 3.63) is 29.8 Å². The molecule has 0 aliphatic carbocycles. The van der Waals surface area contributed by atoms with Gasteiger partial charge in [-0.15, -0.1) is 12.3 Å². The molecule has 1 heterocycles. The van der Waals surface area contributed by atoms with Crippen LogP contribution >= 0.6 is 0 Å². The van der Waals surface area contributed by atoms with Gasteiger partial charge in [-0.2, -0.15) is 0 Å². The minimum absolute atomic E-state index is 0.0539. The first-order chi connectivity index (χ1) is 8.65. The fourth-order valence-corrected chi connectivity index (χ4v) is 2.28. The molecule has 0 saturated carbocycles. The smallest absolute Gasteiger partial charge is 0.224 e. The van der Waals surface area contributed by atoms with Crippen LogP contribution < -0.4 is 4.74 Å². The van der Waals surface area contributed by atoms with E-state index in [2.05, 4.69) is 5.92 Å². The van der Waals surface area contributed by atoms with Gasteiger partial charge in [-0.25, -0.2) is 0 Å². The molecule has 0 aromatic heterocycles. The Morgan fingerprint density at radius 1 is 1.44 bits per heavy atom. The van der Waals surface area contributed by atoms with Crippen LogP contribution in [0.3, 0.4) is 0 Å². The number of hydrogen-bond donors (Lipinski definition) is 0. The van der Waals surface area contributed by atoms with E-state index in [1.165, 1.54) is 0 Å². The van der Waals surface area contributed by atoms with Gasteiger partial charge in [-0.3, -0.25) is 4.79 Å². The van der Waals surface area contributed by atoms with Crippen LogP contribution in [0.2, 0.25) is 0 Å². The van der Waals surface area contributed by atoms with Gasteiger partial charge < -0.3 is 9.64 Å². The van der Waals surface area contributed by atoms with Crippen LogP contribution in [-0.4, -0.2) is 24.5 Å². The predicted molar refractivity (Wildman–Crippen MR) is 70.1 cm³/mol. The number of ether oxygens (including phenoxy) is 1. The molecule has 18 heavy (non-hydrogen) atoms. The Kier molecular flexibility index (Phi) is 3.57. The molecule has 0 N–H and O–H groups in total. The Labute approximate surface area is 108 Å². The van der Waals surface area contributed by atoms with Gasteiger partial charge in [0.15, 0.2) is 0 Å². The third-order valence-corrected chi connectivity index (χ3v) is 3.46. The highest BCUT2D eigenvalue weighted by molar-refractivity contribution is 5.79. The molecule has 1 amide bonds. The number of benzene rings is 1. The summed E-state index contributed by atoms with van der Waals surface area (Å²) in [5.74, 6) is 3.68. The summed E-state index contributed by atoms with van der Waals surface area (Å²) in [7, 11) is 1.64. The Hall–Kier alpha value is -1.95. The topological polar surface area (TPSA) is 29.5 Å². The quantitative estimate of drug-likeness (QED) is 0.762. The number of nitrogens with zero attached hydrogens (tertiary/aromatic N) is 1. The number of likely N-dealkylation sites (tertiary alicyclic amines) is 1. The van der Waals surface area contributed by atoms with Crippen molar-refractivity contribution in [2.45, 2.75) is 19.4 Å². The molecule has 2 rings (SSSR count). The molecule has 1 fully saturated rings. The van der Waals surface area contributed by atoms with Crippen LogP contribution in [0.5, 0.6) is 5.75 Å². The van der Waals surface area contributed by atoms with Gasteiger partial charge in [0.05, 0.1) is 13.2 Å². The molecule has 1 aliphatic heterocycles. The second-order valence-electron chi connectivity index (χ2n) is 4.56. The summed E-state index contributed by atoms with van der Waals surface area (Å²) >= 11 is 0. The minimum Gasteiger partial charge on any atom is -0.497 e. The Morgan fingerprint density at radius 3 is 2.61 bits per heavy atom. The Bertz CT molecular complexity index is 472. The second kappa shape index (κ2) is 5.14. The SMILES string of the molecule is C#CC1CC(=O)N(C(C)c2ccc(OC)cc2)C1. The lowest BCUT2D eigenvalue weighted by atomic mass is 10.1. The highest BCUT2D eigenvalue weighted by Gasteiger charge is 2.31. The number of methoxy groups -OCH3 is 1. The second-order valence-corrected chi connectivity index (χ2v) is 4.56. The van der Waals surface area contributed by atoms with Crippen molar-refractivity contribution in [2.24, 2.45) is 5.92 Å². The van der Waals surface area contributed by atoms with Crippen molar-refractivity contribution in [1.29, 1.82) is 0 Å². The van der Waals surface area contributed by atoms with E-state index in [-0.39, 0.29) is 17.9 Å². The van der Waals surface area contributed by atoms with E-state index in [1.807, 2.05) is 36.1 Å². The third-order valence-electron chi connectivity index (χ3n) is 3.46. The molecule has 1 aliphatic rings. The van der Waals surface area contributed by atoms with Crippen molar-refractivity contribution in [3.8, 4) is 18.1 Å². The molecule has 3 nitrogen and oxygen atoms in total. The summed E-state index contributed by atoms with van der Waals surface area (Å²) in [6, 6.07) is 7.84. The Morgan fingerprint density at radius 2 is 2.11 bits per heavy atom. The number of amides is 1. The minimum atomic E-state index is 0.0539. The van der Waals surface area contributed by atoms with E-state index in [4.69, 9.17) is 11.2 Å². The molecule has 1 saturated heterocycles. The molecular weight excluding hydrogens is 226 g/mol. The van der Waals surface area contributed by atoms with Crippen LogP contribution in [-0.2, 0) is 4.79 Å². The van der Waals surface area contributed by atoms with E-state index < -0.39 is 0 Å². The summed E-state index contributed by atoms with van der Waals surface area (Å²) in [6.07, 6.45) is 5.86. The molecule has 1 aromatic carbocycles. The first-order valence-electron chi connectivity index (χ1n) is 6.05. The fourth-order valence-electron chi connectivity index (χ4n) is 2.28. The predicted octanol–water partition coefficient (Wildman–Crippen LogP) is 2.24. The number of carbonyl (C=O) groups excluding carboxylic acids is 1. The van der Waals surface area contributed by atoms with Crippen LogP contribution in [0.25, 0.3) is 0 Å². The van der Waals surface area contributed by atoms with Gasteiger partial charge in [0, 0.05) is 18.9 Å². The van der Waals surface area contributed by atoms with Crippen molar-refractivity contribution >= 4 is 5.91 Å². The Balaban J connectivity index is 2.13. The summed E-state index contributed by atoms with van der Waals surface area (Å²) in [5, 5.41) is 0. The molecule has 0 spiro atoms. The molecule has 2 atom stereocenters. The van der Waals surface area contributed by atoms with Crippen molar-refractivity contribution < 1.29 is 9.53 Å². The zero-order valence-corrected chi connectivity index (χ0v) is 10.7. The standard InChI is InChI=1S/C15H17NO2/c1-4-12-9-15(17)16(10-12)11(2)13-5-7-14(18-3)8-6-13/h1,5-8,11-12H,9-10H2,2-3H3. The lowest BCUT2D eigenvalue weighted by Crippen LogP contribution is -2.28. The van der Waals surface area contributed by atoms with E-state index in [0.29, 0.717) is 13.0 Å². The molecule has 0 radical (unpaired) electrons. The first kappa shape index (κ1) is 12.5. The van der Waals surface area contributed by atoms with E-state index in [9.17, 15) is 4.79 Å². The van der Waals surface area contributed by atoms with Gasteiger partial charge >= 0.3 is 0 Å². The third kappa shape index (κ3) is 2.33. The van der Waals surface area contributed by atoms with Crippen LogP contribution in [0, 0.1) is 18.3 Å². The number of hydrogen-bond acceptors (Lipinski definition) is 2. The molecule has 2 unspecified atom stereocenters. The maximum atomic E-state index is 11.9. The number of rotatable bonds is 3. The van der Waals surface area contributed by atoms with E-state index in [1.54, 1.807) is 7.11 Å². The maximum Gasteiger partial charge on any atom is 0.224 e. The summed E-state index contributed by atoms with van der Waals surface area (Å²) in [6.45, 7) is 2.68. The molecule has 3 heteroatoms. The van der Waals surface area contributed by atoms with Crippen LogP contribution in [0.1, 0.15) is 24.9 Å². The van der Waals surface area contributed by atoms with E-state index >= 15 is 0 Å².